The molecule has 0 atom stereocenters. The minimum Gasteiger partial charge on any atom is -0.278 e. The molecule has 2 aromatic rings. The van der Waals surface area contributed by atoms with Crippen LogP contribution in [0, 0.1) is 0 Å². The fourth-order valence-corrected chi connectivity index (χ4v) is 4.03. The van der Waals surface area contributed by atoms with Crippen molar-refractivity contribution in [3.8, 4) is 0 Å². The molecule has 0 unspecified atom stereocenters. The maximum absolute atomic E-state index is 12.3. The summed E-state index contributed by atoms with van der Waals surface area (Å²) in [5, 5.41) is 0.502. The summed E-state index contributed by atoms with van der Waals surface area (Å²) in [6.45, 7) is 0. The molecular formula is C13H11Cl2NO4S2. The van der Waals surface area contributed by atoms with Crippen molar-refractivity contribution < 1.29 is 16.8 Å². The predicted molar refractivity (Wildman–Crippen MR) is 86.8 cm³/mol. The highest BCUT2D eigenvalue weighted by Gasteiger charge is 2.18. The zero-order chi connectivity index (χ0) is 16.5. The molecule has 2 aromatic carbocycles. The van der Waals surface area contributed by atoms with E-state index in [1.165, 1.54) is 36.4 Å². The topological polar surface area (TPSA) is 80.3 Å². The van der Waals surface area contributed by atoms with E-state index in [1.54, 1.807) is 0 Å². The van der Waals surface area contributed by atoms with E-state index in [2.05, 4.69) is 4.72 Å². The molecule has 0 aliphatic carbocycles. The molecule has 2 rings (SSSR count). The quantitative estimate of drug-likeness (QED) is 0.884. The predicted octanol–water partition coefficient (Wildman–Crippen LogP) is 3.20. The third kappa shape index (κ3) is 3.92. The number of sulfonamides is 1. The molecule has 0 bridgehead atoms. The Bertz CT molecular complexity index is 925. The minimum absolute atomic E-state index is 0.0856. The average Bonchev–Trinajstić information content (AvgIpc) is 2.41. The van der Waals surface area contributed by atoms with Crippen LogP contribution in [-0.2, 0) is 19.9 Å². The summed E-state index contributed by atoms with van der Waals surface area (Å²) in [5.41, 5.74) is 0.149. The van der Waals surface area contributed by atoms with Crippen molar-refractivity contribution in [2.75, 3.05) is 11.0 Å². The summed E-state index contributed by atoms with van der Waals surface area (Å²) in [6, 6.07) is 9.36. The summed E-state index contributed by atoms with van der Waals surface area (Å²) in [5.74, 6) is 0. The van der Waals surface area contributed by atoms with Crippen LogP contribution >= 0.6 is 23.2 Å². The number of rotatable bonds is 4. The fourth-order valence-electron chi connectivity index (χ4n) is 1.65. The van der Waals surface area contributed by atoms with Crippen molar-refractivity contribution in [1.29, 1.82) is 0 Å². The number of hydrogen-bond acceptors (Lipinski definition) is 4. The molecule has 0 saturated heterocycles. The molecule has 0 aromatic heterocycles. The molecule has 0 radical (unpaired) electrons. The Balaban J connectivity index is 2.43. The molecule has 0 amide bonds. The molecule has 1 N–H and O–H groups in total. The van der Waals surface area contributed by atoms with Gasteiger partial charge in [-0.15, -0.1) is 0 Å². The number of hydrogen-bond donors (Lipinski definition) is 1. The number of anilines is 1. The van der Waals surface area contributed by atoms with Crippen LogP contribution in [0.3, 0.4) is 0 Å². The summed E-state index contributed by atoms with van der Waals surface area (Å²) in [4.78, 5) is -0.265. The van der Waals surface area contributed by atoms with E-state index in [0.29, 0.717) is 5.02 Å². The highest BCUT2D eigenvalue weighted by Crippen LogP contribution is 2.28. The maximum atomic E-state index is 12.3. The van der Waals surface area contributed by atoms with Crippen LogP contribution in [0.5, 0.6) is 0 Å². The molecule has 118 valence electrons. The lowest BCUT2D eigenvalue weighted by atomic mass is 10.3. The van der Waals surface area contributed by atoms with Crippen molar-refractivity contribution in [2.45, 2.75) is 9.79 Å². The standard InChI is InChI=1S/C13H11Cl2NO4S2/c1-21(17,18)10-3-2-4-11(8-10)22(19,20)16-13-6-5-9(14)7-12(13)15/h2-8,16H,1H3. The lowest BCUT2D eigenvalue weighted by Crippen LogP contribution is -2.14. The molecule has 22 heavy (non-hydrogen) atoms. The van der Waals surface area contributed by atoms with Gasteiger partial charge in [-0.05, 0) is 36.4 Å². The van der Waals surface area contributed by atoms with Gasteiger partial charge >= 0.3 is 0 Å². The number of halogens is 2. The van der Waals surface area contributed by atoms with Crippen LogP contribution in [-0.4, -0.2) is 23.1 Å². The zero-order valence-corrected chi connectivity index (χ0v) is 14.4. The lowest BCUT2D eigenvalue weighted by molar-refractivity contribution is 0.599. The number of nitrogens with one attached hydrogen (secondary N) is 1. The summed E-state index contributed by atoms with van der Waals surface area (Å²) in [6.07, 6.45) is 1.00. The molecule has 0 fully saturated rings. The molecule has 0 saturated carbocycles. The Kier molecular flexibility index (Phi) is 4.72. The Hall–Kier alpha value is -1.28. The van der Waals surface area contributed by atoms with Gasteiger partial charge in [-0.25, -0.2) is 16.8 Å². The number of benzene rings is 2. The number of sulfone groups is 1. The van der Waals surface area contributed by atoms with Gasteiger partial charge in [0.1, 0.15) is 0 Å². The second-order valence-corrected chi connectivity index (χ2v) is 9.02. The smallest absolute Gasteiger partial charge is 0.261 e. The van der Waals surface area contributed by atoms with Gasteiger partial charge in [0.2, 0.25) is 0 Å². The second kappa shape index (κ2) is 6.08. The van der Waals surface area contributed by atoms with Gasteiger partial charge in [0.15, 0.2) is 9.84 Å². The van der Waals surface area contributed by atoms with Crippen molar-refractivity contribution >= 4 is 48.7 Å². The van der Waals surface area contributed by atoms with Crippen LogP contribution in [0.1, 0.15) is 0 Å². The molecule has 0 spiro atoms. The SMILES string of the molecule is CS(=O)(=O)c1cccc(S(=O)(=O)Nc2ccc(Cl)cc2Cl)c1. The van der Waals surface area contributed by atoms with Crippen LogP contribution in [0.4, 0.5) is 5.69 Å². The van der Waals surface area contributed by atoms with Crippen LogP contribution in [0.2, 0.25) is 10.0 Å². The molecule has 5 nitrogen and oxygen atoms in total. The van der Waals surface area contributed by atoms with Gasteiger partial charge in [-0.3, -0.25) is 4.72 Å². The van der Waals surface area contributed by atoms with E-state index >= 15 is 0 Å². The van der Waals surface area contributed by atoms with E-state index in [1.807, 2.05) is 0 Å². The molecule has 9 heteroatoms. The van der Waals surface area contributed by atoms with Crippen LogP contribution in [0.25, 0.3) is 0 Å². The first-order chi connectivity index (χ1) is 10.1. The highest BCUT2D eigenvalue weighted by molar-refractivity contribution is 7.93. The van der Waals surface area contributed by atoms with E-state index in [9.17, 15) is 16.8 Å². The Morgan fingerprint density at radius 1 is 0.909 bits per heavy atom. The van der Waals surface area contributed by atoms with Crippen LogP contribution < -0.4 is 4.72 Å². The minimum atomic E-state index is -3.97. The normalized spacial score (nSPS) is 12.1. The largest absolute Gasteiger partial charge is 0.278 e. The van der Waals surface area contributed by atoms with Crippen molar-refractivity contribution in [1.82, 2.24) is 0 Å². The summed E-state index contributed by atoms with van der Waals surface area (Å²) >= 11 is 11.7. The van der Waals surface area contributed by atoms with Gasteiger partial charge in [-0.1, -0.05) is 29.3 Å². The van der Waals surface area contributed by atoms with Crippen molar-refractivity contribution in [3.63, 3.8) is 0 Å². The third-order valence-electron chi connectivity index (χ3n) is 2.72. The summed E-state index contributed by atoms with van der Waals surface area (Å²) in [7, 11) is -7.48. The summed E-state index contributed by atoms with van der Waals surface area (Å²) < 4.78 is 50.0. The zero-order valence-electron chi connectivity index (χ0n) is 11.2. The first-order valence-corrected chi connectivity index (χ1v) is 10.0. The monoisotopic (exact) mass is 379 g/mol. The molecule has 0 aliphatic rings. The highest BCUT2D eigenvalue weighted by atomic mass is 35.5. The van der Waals surface area contributed by atoms with E-state index in [-0.39, 0.29) is 20.5 Å². The van der Waals surface area contributed by atoms with Crippen molar-refractivity contribution in [3.05, 3.63) is 52.5 Å². The Morgan fingerprint density at radius 2 is 1.55 bits per heavy atom. The van der Waals surface area contributed by atoms with Gasteiger partial charge in [0.05, 0.1) is 20.5 Å². The molecular weight excluding hydrogens is 369 g/mol. The van der Waals surface area contributed by atoms with E-state index in [0.717, 1.165) is 12.3 Å². The average molecular weight is 380 g/mol. The van der Waals surface area contributed by atoms with Crippen molar-refractivity contribution in [2.24, 2.45) is 0 Å². The van der Waals surface area contributed by atoms with E-state index < -0.39 is 19.9 Å². The first kappa shape index (κ1) is 17.1. The van der Waals surface area contributed by atoms with Gasteiger partial charge in [0.25, 0.3) is 10.0 Å². The van der Waals surface area contributed by atoms with Crippen LogP contribution in [0.15, 0.2) is 52.3 Å². The molecule has 0 heterocycles. The van der Waals surface area contributed by atoms with Gasteiger partial charge < -0.3 is 0 Å². The second-order valence-electron chi connectivity index (χ2n) is 4.48. The molecule has 0 aliphatic heterocycles. The van der Waals surface area contributed by atoms with Gasteiger partial charge in [0, 0.05) is 11.3 Å². The van der Waals surface area contributed by atoms with Gasteiger partial charge in [-0.2, -0.15) is 0 Å². The third-order valence-corrected chi connectivity index (χ3v) is 5.74. The first-order valence-electron chi connectivity index (χ1n) is 5.87. The van der Waals surface area contributed by atoms with E-state index in [4.69, 9.17) is 23.2 Å². The Labute approximate surface area is 138 Å². The maximum Gasteiger partial charge on any atom is 0.261 e. The lowest BCUT2D eigenvalue weighted by Gasteiger charge is -2.10. The fraction of sp³-hybridized carbons (Fsp3) is 0.0769. The Morgan fingerprint density at radius 3 is 2.14 bits per heavy atom.